The first-order valence-corrected chi connectivity index (χ1v) is 6.44. The Balaban J connectivity index is 2.08. The van der Waals surface area contributed by atoms with Gasteiger partial charge in [-0.2, -0.15) is 5.10 Å². The maximum absolute atomic E-state index is 11.7. The molecule has 0 aliphatic carbocycles. The van der Waals surface area contributed by atoms with E-state index in [4.69, 9.17) is 28.0 Å². The van der Waals surface area contributed by atoms with Crippen molar-refractivity contribution in [2.75, 3.05) is 0 Å². The Morgan fingerprint density at radius 1 is 1.40 bits per heavy atom. The highest BCUT2D eigenvalue weighted by Gasteiger charge is 2.12. The van der Waals surface area contributed by atoms with Crippen LogP contribution in [0.25, 0.3) is 0 Å². The summed E-state index contributed by atoms with van der Waals surface area (Å²) in [6.07, 6.45) is 1.29. The van der Waals surface area contributed by atoms with Gasteiger partial charge in [0.2, 0.25) is 0 Å². The van der Waals surface area contributed by atoms with Crippen LogP contribution in [0.4, 0.5) is 0 Å². The summed E-state index contributed by atoms with van der Waals surface area (Å²) in [6.45, 7) is 1.83. The van der Waals surface area contributed by atoms with Crippen LogP contribution in [-0.2, 0) is 11.9 Å². The minimum Gasteiger partial charge on any atom is -0.311 e. The summed E-state index contributed by atoms with van der Waals surface area (Å²) in [5, 5.41) is 8.42. The molecule has 0 N–H and O–H groups in total. The van der Waals surface area contributed by atoms with Gasteiger partial charge in [0.1, 0.15) is 0 Å². The minimum absolute atomic E-state index is 0.187. The van der Waals surface area contributed by atoms with E-state index in [9.17, 15) is 4.79 Å². The zero-order valence-corrected chi connectivity index (χ0v) is 12.3. The zero-order valence-electron chi connectivity index (χ0n) is 10.8. The number of benzene rings is 1. The number of nitrogens with zero attached hydrogens (tertiary/aromatic N) is 3. The molecule has 2 rings (SSSR count). The molecule has 0 amide bonds. The highest BCUT2D eigenvalue weighted by molar-refractivity contribution is 6.38. The van der Waals surface area contributed by atoms with Crippen molar-refractivity contribution in [1.29, 1.82) is 0 Å². The lowest BCUT2D eigenvalue weighted by Crippen LogP contribution is -2.03. The molecular formula is C13H11Cl2N3O2. The molecule has 0 radical (unpaired) electrons. The molecule has 1 heterocycles. The van der Waals surface area contributed by atoms with Crippen molar-refractivity contribution in [1.82, 2.24) is 9.78 Å². The third kappa shape index (κ3) is 3.18. The summed E-state index contributed by atoms with van der Waals surface area (Å²) in [7, 11) is 1.74. The van der Waals surface area contributed by atoms with E-state index in [2.05, 4.69) is 10.3 Å². The molecule has 0 unspecified atom stereocenters. The lowest BCUT2D eigenvalue weighted by molar-refractivity contribution is 0.0511. The molecule has 1 aromatic heterocycles. The fourth-order valence-electron chi connectivity index (χ4n) is 1.47. The first-order valence-electron chi connectivity index (χ1n) is 5.68. The molecular weight excluding hydrogens is 301 g/mol. The Bertz CT molecular complexity index is 641. The van der Waals surface area contributed by atoms with Crippen LogP contribution < -0.4 is 0 Å². The fourth-order valence-corrected chi connectivity index (χ4v) is 1.96. The highest BCUT2D eigenvalue weighted by Crippen LogP contribution is 2.22. The summed E-state index contributed by atoms with van der Waals surface area (Å²) in [5.74, 6) is -0.645. The van der Waals surface area contributed by atoms with Gasteiger partial charge in [0.05, 0.1) is 16.3 Å². The number of oxime groups is 1. The Morgan fingerprint density at radius 2 is 2.05 bits per heavy atom. The second-order valence-corrected chi connectivity index (χ2v) is 4.86. The topological polar surface area (TPSA) is 56.5 Å². The third-order valence-corrected chi connectivity index (χ3v) is 3.30. The van der Waals surface area contributed by atoms with Gasteiger partial charge < -0.3 is 4.84 Å². The van der Waals surface area contributed by atoms with E-state index in [0.717, 1.165) is 5.69 Å². The number of carbonyl (C=O) groups is 1. The van der Waals surface area contributed by atoms with Crippen LogP contribution in [0.3, 0.4) is 0 Å². The fraction of sp³-hybridized carbons (Fsp3) is 0.154. The largest absolute Gasteiger partial charge is 0.385 e. The van der Waals surface area contributed by atoms with Crippen LogP contribution in [0.5, 0.6) is 0 Å². The van der Waals surface area contributed by atoms with Gasteiger partial charge in [0.15, 0.2) is 5.69 Å². The number of rotatable bonds is 3. The first kappa shape index (κ1) is 14.6. The Kier molecular flexibility index (Phi) is 4.42. The zero-order chi connectivity index (χ0) is 14.7. The molecule has 104 valence electrons. The summed E-state index contributed by atoms with van der Waals surface area (Å²) in [4.78, 5) is 16.4. The van der Waals surface area contributed by atoms with Gasteiger partial charge in [-0.3, -0.25) is 4.68 Å². The van der Waals surface area contributed by atoms with E-state index < -0.39 is 5.97 Å². The van der Waals surface area contributed by atoms with Gasteiger partial charge in [-0.05, 0) is 25.1 Å². The van der Waals surface area contributed by atoms with Crippen LogP contribution in [0, 0.1) is 6.92 Å². The second kappa shape index (κ2) is 6.07. The van der Waals surface area contributed by atoms with Crippen LogP contribution in [0.2, 0.25) is 10.0 Å². The second-order valence-electron chi connectivity index (χ2n) is 4.04. The molecule has 0 bridgehead atoms. The summed E-state index contributed by atoms with van der Waals surface area (Å²) in [6, 6.07) is 6.66. The standard InChI is InChI=1S/C13H11Cl2N3O2/c1-8-6-12(17-18(8)2)13(19)20-16-7-9-10(14)4-3-5-11(9)15/h3-7H,1-2H3/b16-7+. The lowest BCUT2D eigenvalue weighted by Gasteiger charge is -1.99. The quantitative estimate of drug-likeness (QED) is 0.497. The number of halogens is 2. The van der Waals surface area contributed by atoms with E-state index in [0.29, 0.717) is 15.6 Å². The summed E-state index contributed by atoms with van der Waals surface area (Å²) >= 11 is 11.9. The molecule has 0 fully saturated rings. The molecule has 7 heteroatoms. The smallest absolute Gasteiger partial charge is 0.311 e. The number of carbonyl (C=O) groups excluding carboxylic acids is 1. The van der Waals surface area contributed by atoms with Crippen molar-refractivity contribution in [3.8, 4) is 0 Å². The third-order valence-electron chi connectivity index (χ3n) is 2.64. The molecule has 0 spiro atoms. The monoisotopic (exact) mass is 311 g/mol. The van der Waals surface area contributed by atoms with Gasteiger partial charge in [-0.25, -0.2) is 4.79 Å². The Labute approximate surface area is 125 Å². The van der Waals surface area contributed by atoms with Crippen molar-refractivity contribution < 1.29 is 9.63 Å². The van der Waals surface area contributed by atoms with Crippen molar-refractivity contribution in [3.63, 3.8) is 0 Å². The van der Waals surface area contributed by atoms with Gasteiger partial charge in [0, 0.05) is 18.3 Å². The number of hydrogen-bond acceptors (Lipinski definition) is 4. The minimum atomic E-state index is -0.645. The maximum Gasteiger partial charge on any atom is 0.385 e. The van der Waals surface area contributed by atoms with Gasteiger partial charge in [-0.15, -0.1) is 0 Å². The van der Waals surface area contributed by atoms with Crippen LogP contribution in [-0.4, -0.2) is 22.0 Å². The van der Waals surface area contributed by atoms with E-state index in [-0.39, 0.29) is 5.69 Å². The van der Waals surface area contributed by atoms with Crippen molar-refractivity contribution in [3.05, 3.63) is 51.3 Å². The Hall–Kier alpha value is -1.85. The molecule has 5 nitrogen and oxygen atoms in total. The molecule has 20 heavy (non-hydrogen) atoms. The lowest BCUT2D eigenvalue weighted by atomic mass is 10.2. The van der Waals surface area contributed by atoms with E-state index >= 15 is 0 Å². The molecule has 0 atom stereocenters. The van der Waals surface area contributed by atoms with Crippen LogP contribution in [0.1, 0.15) is 21.7 Å². The predicted molar refractivity (Wildman–Crippen MR) is 77.4 cm³/mol. The summed E-state index contributed by atoms with van der Waals surface area (Å²) in [5.41, 5.74) is 1.52. The van der Waals surface area contributed by atoms with Gasteiger partial charge in [-0.1, -0.05) is 34.4 Å². The molecule has 0 aliphatic rings. The maximum atomic E-state index is 11.7. The Morgan fingerprint density at radius 3 is 2.60 bits per heavy atom. The van der Waals surface area contributed by atoms with E-state index in [1.807, 2.05) is 6.92 Å². The summed E-state index contributed by atoms with van der Waals surface area (Å²) < 4.78 is 1.57. The van der Waals surface area contributed by atoms with E-state index in [1.54, 1.807) is 36.0 Å². The highest BCUT2D eigenvalue weighted by atomic mass is 35.5. The molecule has 0 saturated carbocycles. The van der Waals surface area contributed by atoms with Gasteiger partial charge >= 0.3 is 5.97 Å². The number of aryl methyl sites for hydroxylation is 2. The predicted octanol–water partition coefficient (Wildman–Crippen LogP) is 3.23. The van der Waals surface area contributed by atoms with Crippen LogP contribution >= 0.6 is 23.2 Å². The van der Waals surface area contributed by atoms with E-state index in [1.165, 1.54) is 6.21 Å². The van der Waals surface area contributed by atoms with Crippen molar-refractivity contribution in [2.24, 2.45) is 12.2 Å². The van der Waals surface area contributed by atoms with Crippen molar-refractivity contribution >= 4 is 35.4 Å². The van der Waals surface area contributed by atoms with Crippen LogP contribution in [0.15, 0.2) is 29.4 Å². The normalized spacial score (nSPS) is 11.0. The van der Waals surface area contributed by atoms with Gasteiger partial charge in [0.25, 0.3) is 0 Å². The van der Waals surface area contributed by atoms with Crippen molar-refractivity contribution in [2.45, 2.75) is 6.92 Å². The molecule has 0 aliphatic heterocycles. The average molecular weight is 312 g/mol. The first-order chi connectivity index (χ1) is 9.49. The SMILES string of the molecule is Cc1cc(C(=O)O/N=C/c2c(Cl)cccc2Cl)nn1C. The molecule has 2 aromatic rings. The number of hydrogen-bond donors (Lipinski definition) is 0. The molecule has 1 aromatic carbocycles. The average Bonchev–Trinajstić information content (AvgIpc) is 2.73. The number of aromatic nitrogens is 2. The molecule has 0 saturated heterocycles.